The van der Waals surface area contributed by atoms with Crippen LogP contribution in [0.5, 0.6) is 0 Å². The first-order chi connectivity index (χ1) is 9.61. The molecule has 0 unspecified atom stereocenters. The maximum absolute atomic E-state index is 9.18. The zero-order valence-corrected chi connectivity index (χ0v) is 13.0. The van der Waals surface area contributed by atoms with E-state index < -0.39 is 0 Å². The van der Waals surface area contributed by atoms with Crippen molar-refractivity contribution in [3.63, 3.8) is 0 Å². The molecule has 0 radical (unpaired) electrons. The minimum Gasteiger partial charge on any atom is -0.329 e. The average molecular weight is 344 g/mol. The lowest BCUT2D eigenvalue weighted by Crippen LogP contribution is -1.97. The third-order valence-corrected chi connectivity index (χ3v) is 4.02. The summed E-state index contributed by atoms with van der Waals surface area (Å²) in [5, 5.41) is 9.18. The zero-order chi connectivity index (χ0) is 14.3. The summed E-state index contributed by atoms with van der Waals surface area (Å²) in [5.74, 6) is 0. The van der Waals surface area contributed by atoms with Crippen LogP contribution >= 0.6 is 28.1 Å². The van der Waals surface area contributed by atoms with Crippen LogP contribution in [0, 0.1) is 23.0 Å². The van der Waals surface area contributed by atoms with Gasteiger partial charge in [-0.15, -0.1) is 0 Å². The molecule has 1 heterocycles. The topological polar surface area (TPSA) is 44.5 Å². The van der Waals surface area contributed by atoms with Crippen molar-refractivity contribution in [3.05, 3.63) is 56.8 Å². The van der Waals surface area contributed by atoms with Gasteiger partial charge in [0, 0.05) is 4.47 Å². The van der Waals surface area contributed by atoms with Crippen LogP contribution in [0.2, 0.25) is 0 Å². The Morgan fingerprint density at radius 1 is 1.30 bits per heavy atom. The first-order valence-corrected chi connectivity index (χ1v) is 7.22. The number of hydrogen-bond acceptors (Lipinski definition) is 2. The van der Waals surface area contributed by atoms with Crippen LogP contribution in [-0.4, -0.2) is 9.55 Å². The maximum atomic E-state index is 9.18. The van der Waals surface area contributed by atoms with Crippen LogP contribution in [0.3, 0.4) is 0 Å². The number of benzene rings is 2. The number of hydrogen-bond donors (Lipinski definition) is 1. The van der Waals surface area contributed by atoms with Crippen molar-refractivity contribution in [2.75, 3.05) is 0 Å². The molecule has 2 aromatic carbocycles. The van der Waals surface area contributed by atoms with Gasteiger partial charge in [0.25, 0.3) is 0 Å². The number of nitrogens with zero attached hydrogens (tertiary/aromatic N) is 2. The monoisotopic (exact) mass is 343 g/mol. The SMILES string of the molecule is Cc1cc(Br)ccc1-n1c(=S)[nH]c2c(C#N)cccc21. The summed E-state index contributed by atoms with van der Waals surface area (Å²) in [5.41, 5.74) is 4.42. The van der Waals surface area contributed by atoms with Gasteiger partial charge in [-0.25, -0.2) is 0 Å². The molecule has 3 rings (SSSR count). The molecule has 3 nitrogen and oxygen atoms in total. The average Bonchev–Trinajstić information content (AvgIpc) is 2.75. The van der Waals surface area contributed by atoms with Crippen molar-refractivity contribution in [1.29, 1.82) is 5.26 Å². The second-order valence-electron chi connectivity index (χ2n) is 4.51. The van der Waals surface area contributed by atoms with Crippen molar-refractivity contribution in [2.45, 2.75) is 6.92 Å². The Morgan fingerprint density at radius 3 is 2.80 bits per heavy atom. The lowest BCUT2D eigenvalue weighted by atomic mass is 10.1. The standard InChI is InChI=1S/C15H10BrN3S/c1-9-7-11(16)5-6-12(9)19-13-4-2-3-10(8-17)14(13)18-15(19)20/h2-7H,1H3,(H,18,20). The van der Waals surface area contributed by atoms with E-state index in [0.29, 0.717) is 10.3 Å². The van der Waals surface area contributed by atoms with Crippen molar-refractivity contribution in [3.8, 4) is 11.8 Å². The fourth-order valence-corrected chi connectivity index (χ4v) is 3.11. The molecule has 20 heavy (non-hydrogen) atoms. The Hall–Kier alpha value is -1.90. The number of para-hydroxylation sites is 1. The first kappa shape index (κ1) is 13.1. The van der Waals surface area contributed by atoms with Crippen molar-refractivity contribution < 1.29 is 0 Å². The number of nitriles is 1. The number of aromatic amines is 1. The number of halogens is 1. The van der Waals surface area contributed by atoms with Crippen LogP contribution in [0.25, 0.3) is 16.7 Å². The molecule has 0 bridgehead atoms. The predicted molar refractivity (Wildman–Crippen MR) is 85.6 cm³/mol. The van der Waals surface area contributed by atoms with Gasteiger partial charge in [-0.05, 0) is 55.0 Å². The van der Waals surface area contributed by atoms with Gasteiger partial charge in [0.15, 0.2) is 4.77 Å². The quantitative estimate of drug-likeness (QED) is 0.654. The molecule has 1 N–H and O–H groups in total. The van der Waals surface area contributed by atoms with Crippen LogP contribution < -0.4 is 0 Å². The number of H-pyrrole nitrogens is 1. The number of imidazole rings is 1. The summed E-state index contributed by atoms with van der Waals surface area (Å²) in [7, 11) is 0. The molecule has 3 aromatic rings. The zero-order valence-electron chi connectivity index (χ0n) is 10.6. The smallest absolute Gasteiger partial charge is 0.182 e. The van der Waals surface area contributed by atoms with Gasteiger partial charge >= 0.3 is 0 Å². The maximum Gasteiger partial charge on any atom is 0.182 e. The molecule has 0 aliphatic heterocycles. The molecule has 0 amide bonds. The second kappa shape index (κ2) is 4.89. The molecule has 0 saturated heterocycles. The molecule has 0 aliphatic carbocycles. The lowest BCUT2D eigenvalue weighted by Gasteiger charge is -2.08. The van der Waals surface area contributed by atoms with E-state index in [1.807, 2.05) is 41.8 Å². The van der Waals surface area contributed by atoms with E-state index in [-0.39, 0.29) is 0 Å². The number of rotatable bonds is 1. The fraction of sp³-hybridized carbons (Fsp3) is 0.0667. The Labute approximate surface area is 129 Å². The molecule has 0 fully saturated rings. The van der Waals surface area contributed by atoms with E-state index in [9.17, 15) is 5.26 Å². The molecule has 0 spiro atoms. The molecule has 0 aliphatic rings. The summed E-state index contributed by atoms with van der Waals surface area (Å²) in [6, 6.07) is 13.8. The molecule has 0 saturated carbocycles. The fourth-order valence-electron chi connectivity index (χ4n) is 2.33. The van der Waals surface area contributed by atoms with Crippen LogP contribution in [-0.2, 0) is 0 Å². The van der Waals surface area contributed by atoms with Gasteiger partial charge in [-0.1, -0.05) is 22.0 Å². The van der Waals surface area contributed by atoms with Gasteiger partial charge in [0.2, 0.25) is 0 Å². The molecule has 5 heteroatoms. The summed E-state index contributed by atoms with van der Waals surface area (Å²) in [6.45, 7) is 2.04. The Morgan fingerprint density at radius 2 is 2.10 bits per heavy atom. The predicted octanol–water partition coefficient (Wildman–Crippen LogP) is 4.63. The summed E-state index contributed by atoms with van der Waals surface area (Å²) >= 11 is 8.89. The summed E-state index contributed by atoms with van der Waals surface area (Å²) in [4.78, 5) is 3.13. The van der Waals surface area contributed by atoms with Gasteiger partial charge in [-0.3, -0.25) is 4.57 Å². The van der Waals surface area contributed by atoms with E-state index in [0.717, 1.165) is 26.8 Å². The normalized spacial score (nSPS) is 10.7. The summed E-state index contributed by atoms with van der Waals surface area (Å²) < 4.78 is 3.59. The molecular weight excluding hydrogens is 334 g/mol. The van der Waals surface area contributed by atoms with Crippen LogP contribution in [0.15, 0.2) is 40.9 Å². The van der Waals surface area contributed by atoms with Crippen molar-refractivity contribution >= 4 is 39.2 Å². The Bertz CT molecular complexity index is 915. The molecular formula is C15H10BrN3S. The van der Waals surface area contributed by atoms with Gasteiger partial charge in [0.1, 0.15) is 6.07 Å². The minimum atomic E-state index is 0.591. The van der Waals surface area contributed by atoms with Crippen molar-refractivity contribution in [1.82, 2.24) is 9.55 Å². The number of fused-ring (bicyclic) bond motifs is 1. The largest absolute Gasteiger partial charge is 0.329 e. The summed E-state index contributed by atoms with van der Waals surface area (Å²) in [6.07, 6.45) is 0. The Balaban J connectivity index is 2.41. The van der Waals surface area contributed by atoms with E-state index in [1.165, 1.54) is 0 Å². The number of nitrogens with one attached hydrogen (secondary N) is 1. The molecule has 1 aromatic heterocycles. The van der Waals surface area contributed by atoms with E-state index in [2.05, 4.69) is 27.0 Å². The van der Waals surface area contributed by atoms with Gasteiger partial charge in [-0.2, -0.15) is 5.26 Å². The third-order valence-electron chi connectivity index (χ3n) is 3.24. The Kier molecular flexibility index (Phi) is 3.20. The lowest BCUT2D eigenvalue weighted by molar-refractivity contribution is 1.05. The first-order valence-electron chi connectivity index (χ1n) is 6.02. The highest BCUT2D eigenvalue weighted by molar-refractivity contribution is 9.10. The van der Waals surface area contributed by atoms with Gasteiger partial charge < -0.3 is 4.98 Å². The molecule has 98 valence electrons. The minimum absolute atomic E-state index is 0.591. The highest BCUT2D eigenvalue weighted by atomic mass is 79.9. The van der Waals surface area contributed by atoms with E-state index >= 15 is 0 Å². The van der Waals surface area contributed by atoms with Crippen LogP contribution in [0.1, 0.15) is 11.1 Å². The van der Waals surface area contributed by atoms with E-state index in [1.54, 1.807) is 6.07 Å². The van der Waals surface area contributed by atoms with Gasteiger partial charge in [0.05, 0.1) is 22.3 Å². The van der Waals surface area contributed by atoms with Crippen molar-refractivity contribution in [2.24, 2.45) is 0 Å². The molecule has 0 atom stereocenters. The number of aromatic nitrogens is 2. The van der Waals surface area contributed by atoms with Crippen LogP contribution in [0.4, 0.5) is 0 Å². The second-order valence-corrected chi connectivity index (χ2v) is 5.81. The number of aryl methyl sites for hydroxylation is 1. The van der Waals surface area contributed by atoms with E-state index in [4.69, 9.17) is 12.2 Å². The highest BCUT2D eigenvalue weighted by Gasteiger charge is 2.11. The third kappa shape index (κ3) is 1.98. The highest BCUT2D eigenvalue weighted by Crippen LogP contribution is 2.25.